The molecular formula is C18H26ClN3O3S. The first kappa shape index (κ1) is 19.6. The van der Waals surface area contributed by atoms with Crippen LogP contribution >= 0.6 is 11.6 Å². The van der Waals surface area contributed by atoms with Gasteiger partial charge in [0.25, 0.3) is 0 Å². The van der Waals surface area contributed by atoms with E-state index in [4.69, 9.17) is 17.3 Å². The molecule has 1 saturated heterocycles. The fraction of sp³-hybridized carbons (Fsp3) is 0.611. The van der Waals surface area contributed by atoms with E-state index in [1.165, 1.54) is 0 Å². The lowest BCUT2D eigenvalue weighted by molar-refractivity contribution is -0.112. The number of nitrogens with two attached hydrogens (primary N) is 1. The number of carbonyl (C=O) groups is 1. The molecule has 3 N–H and O–H groups in total. The highest BCUT2D eigenvalue weighted by Gasteiger charge is 2.44. The van der Waals surface area contributed by atoms with Gasteiger partial charge in [0.1, 0.15) is 0 Å². The van der Waals surface area contributed by atoms with E-state index in [1.54, 1.807) is 22.5 Å². The molecule has 0 bridgehead atoms. The summed E-state index contributed by atoms with van der Waals surface area (Å²) in [4.78, 5) is 11.3. The molecule has 2 aliphatic rings. The van der Waals surface area contributed by atoms with E-state index in [9.17, 15) is 13.2 Å². The van der Waals surface area contributed by atoms with Crippen LogP contribution in [0.4, 0.5) is 0 Å². The van der Waals surface area contributed by atoms with E-state index in [-0.39, 0.29) is 22.9 Å². The molecule has 3 rings (SSSR count). The van der Waals surface area contributed by atoms with Crippen molar-refractivity contribution < 1.29 is 13.2 Å². The van der Waals surface area contributed by atoms with Crippen molar-refractivity contribution in [2.24, 2.45) is 11.7 Å². The Morgan fingerprint density at radius 3 is 2.69 bits per heavy atom. The zero-order valence-corrected chi connectivity index (χ0v) is 16.4. The molecule has 0 spiro atoms. The number of rotatable bonds is 6. The maximum Gasteiger partial charge on any atom is 0.243 e. The fourth-order valence-corrected chi connectivity index (χ4v) is 6.61. The largest absolute Gasteiger partial charge is 0.353 e. The Morgan fingerprint density at radius 1 is 1.31 bits per heavy atom. The summed E-state index contributed by atoms with van der Waals surface area (Å²) >= 11 is 6.16. The van der Waals surface area contributed by atoms with Crippen LogP contribution in [-0.2, 0) is 21.4 Å². The lowest BCUT2D eigenvalue weighted by Gasteiger charge is -2.43. The molecule has 2 fully saturated rings. The molecule has 1 saturated carbocycles. The molecule has 1 heterocycles. The van der Waals surface area contributed by atoms with Gasteiger partial charge in [-0.1, -0.05) is 30.5 Å². The molecule has 6 nitrogen and oxygen atoms in total. The molecule has 1 aromatic carbocycles. The van der Waals surface area contributed by atoms with Crippen LogP contribution in [0.2, 0.25) is 5.02 Å². The summed E-state index contributed by atoms with van der Waals surface area (Å²) in [6.07, 6.45) is 6.43. The standard InChI is InChI=1S/C18H26ClN3O3S/c19-16-6-3-7-17(15(16)11-20)26(24,25)22-10-4-5-14(12-22)18(21-13-23)8-1-2-9-18/h3,6-7,13-14H,1-2,4-5,8-12,20H2,(H,21,23)/t14-/m0/s1. The SMILES string of the molecule is NCc1c(Cl)cccc1S(=O)(=O)N1CCC[C@H](C2(NC=O)CCCC2)C1. The van der Waals surface area contributed by atoms with E-state index in [1.807, 2.05) is 0 Å². The van der Waals surface area contributed by atoms with Crippen molar-refractivity contribution in [2.75, 3.05) is 13.1 Å². The van der Waals surface area contributed by atoms with Crippen molar-refractivity contribution in [1.29, 1.82) is 0 Å². The number of amides is 1. The predicted octanol–water partition coefficient (Wildman–Crippen LogP) is 2.26. The Labute approximate surface area is 160 Å². The Balaban J connectivity index is 1.89. The topological polar surface area (TPSA) is 92.5 Å². The van der Waals surface area contributed by atoms with Gasteiger partial charge >= 0.3 is 0 Å². The molecule has 144 valence electrons. The molecule has 0 unspecified atom stereocenters. The van der Waals surface area contributed by atoms with Gasteiger partial charge in [-0.25, -0.2) is 8.42 Å². The van der Waals surface area contributed by atoms with Gasteiger partial charge in [0, 0.05) is 35.8 Å². The maximum atomic E-state index is 13.3. The van der Waals surface area contributed by atoms with E-state index in [0.717, 1.165) is 44.9 Å². The number of nitrogens with one attached hydrogen (secondary N) is 1. The van der Waals surface area contributed by atoms with Gasteiger partial charge in [-0.05, 0) is 43.7 Å². The van der Waals surface area contributed by atoms with Crippen molar-refractivity contribution in [1.82, 2.24) is 9.62 Å². The van der Waals surface area contributed by atoms with Crippen molar-refractivity contribution >= 4 is 28.0 Å². The number of carbonyl (C=O) groups excluding carboxylic acids is 1. The summed E-state index contributed by atoms with van der Waals surface area (Å²) in [6, 6.07) is 4.87. The lowest BCUT2D eigenvalue weighted by Crippen LogP contribution is -2.55. The third kappa shape index (κ3) is 3.50. The van der Waals surface area contributed by atoms with E-state index < -0.39 is 10.0 Å². The zero-order valence-electron chi connectivity index (χ0n) is 14.8. The second-order valence-corrected chi connectivity index (χ2v) is 9.56. The monoisotopic (exact) mass is 399 g/mol. The van der Waals surface area contributed by atoms with E-state index >= 15 is 0 Å². The van der Waals surface area contributed by atoms with Crippen LogP contribution in [0.1, 0.15) is 44.1 Å². The molecule has 0 radical (unpaired) electrons. The molecule has 1 aromatic rings. The second-order valence-electron chi connectivity index (χ2n) is 7.25. The summed E-state index contributed by atoms with van der Waals surface area (Å²) in [7, 11) is -3.68. The van der Waals surface area contributed by atoms with Crippen LogP contribution in [0.3, 0.4) is 0 Å². The van der Waals surface area contributed by atoms with Crippen LogP contribution in [-0.4, -0.2) is 37.8 Å². The highest BCUT2D eigenvalue weighted by Crippen LogP contribution is 2.41. The Hall–Kier alpha value is -1.15. The first-order valence-electron chi connectivity index (χ1n) is 9.13. The minimum Gasteiger partial charge on any atom is -0.353 e. The third-order valence-corrected chi connectivity index (χ3v) is 8.21. The van der Waals surface area contributed by atoms with Crippen molar-refractivity contribution in [3.8, 4) is 0 Å². The van der Waals surface area contributed by atoms with Crippen LogP contribution in [0.5, 0.6) is 0 Å². The Morgan fingerprint density at radius 2 is 2.04 bits per heavy atom. The summed E-state index contributed by atoms with van der Waals surface area (Å²) < 4.78 is 28.1. The highest BCUT2D eigenvalue weighted by molar-refractivity contribution is 7.89. The molecule has 0 aromatic heterocycles. The maximum absolute atomic E-state index is 13.3. The van der Waals surface area contributed by atoms with Crippen molar-refractivity contribution in [3.63, 3.8) is 0 Å². The number of benzene rings is 1. The molecule has 26 heavy (non-hydrogen) atoms. The fourth-order valence-electron chi connectivity index (χ4n) is 4.52. The van der Waals surface area contributed by atoms with Crippen LogP contribution < -0.4 is 11.1 Å². The smallest absolute Gasteiger partial charge is 0.243 e. The second kappa shape index (κ2) is 7.84. The van der Waals surface area contributed by atoms with Gasteiger partial charge < -0.3 is 11.1 Å². The summed E-state index contributed by atoms with van der Waals surface area (Å²) in [5, 5.41) is 3.40. The zero-order chi connectivity index (χ0) is 18.8. The van der Waals surface area contributed by atoms with E-state index in [2.05, 4.69) is 5.32 Å². The molecule has 1 atom stereocenters. The molecular weight excluding hydrogens is 374 g/mol. The number of piperidine rings is 1. The normalized spacial score (nSPS) is 23.7. The summed E-state index contributed by atoms with van der Waals surface area (Å²) in [6.45, 7) is 0.967. The number of halogens is 1. The number of hydrogen-bond donors (Lipinski definition) is 2. The van der Waals surface area contributed by atoms with Gasteiger partial charge in [-0.15, -0.1) is 0 Å². The number of hydrogen-bond acceptors (Lipinski definition) is 4. The minimum atomic E-state index is -3.68. The Kier molecular flexibility index (Phi) is 5.91. The summed E-state index contributed by atoms with van der Waals surface area (Å²) in [5.74, 6) is 0.124. The van der Waals surface area contributed by atoms with Gasteiger partial charge in [-0.3, -0.25) is 4.79 Å². The van der Waals surface area contributed by atoms with Crippen LogP contribution in [0.15, 0.2) is 23.1 Å². The summed E-state index contributed by atoms with van der Waals surface area (Å²) in [5.41, 5.74) is 5.93. The van der Waals surface area contributed by atoms with Crippen LogP contribution in [0, 0.1) is 5.92 Å². The average Bonchev–Trinajstić information content (AvgIpc) is 3.12. The molecule has 1 aliphatic carbocycles. The average molecular weight is 400 g/mol. The molecule has 1 amide bonds. The molecule has 8 heteroatoms. The Bertz CT molecular complexity index is 763. The van der Waals surface area contributed by atoms with Gasteiger partial charge in [-0.2, -0.15) is 4.31 Å². The first-order valence-corrected chi connectivity index (χ1v) is 11.0. The van der Waals surface area contributed by atoms with Crippen LogP contribution in [0.25, 0.3) is 0 Å². The van der Waals surface area contributed by atoms with Gasteiger partial charge in [0.15, 0.2) is 0 Å². The number of nitrogens with zero attached hydrogens (tertiary/aromatic N) is 1. The van der Waals surface area contributed by atoms with Crippen molar-refractivity contribution in [2.45, 2.75) is 55.5 Å². The quantitative estimate of drug-likeness (QED) is 0.717. The highest BCUT2D eigenvalue weighted by atomic mass is 35.5. The van der Waals surface area contributed by atoms with Gasteiger partial charge in [0.05, 0.1) is 4.90 Å². The predicted molar refractivity (Wildman–Crippen MR) is 101 cm³/mol. The van der Waals surface area contributed by atoms with E-state index in [0.29, 0.717) is 23.7 Å². The lowest BCUT2D eigenvalue weighted by atomic mass is 9.78. The van der Waals surface area contributed by atoms with Crippen molar-refractivity contribution in [3.05, 3.63) is 28.8 Å². The first-order chi connectivity index (χ1) is 12.4. The number of sulfonamides is 1. The minimum absolute atomic E-state index is 0.0716. The third-order valence-electron chi connectivity index (χ3n) is 5.91. The molecule has 1 aliphatic heterocycles. The van der Waals surface area contributed by atoms with Gasteiger partial charge in [0.2, 0.25) is 16.4 Å².